The van der Waals surface area contributed by atoms with Crippen molar-refractivity contribution in [1.82, 2.24) is 14.1 Å². The lowest BCUT2D eigenvalue weighted by Crippen LogP contribution is -2.50. The van der Waals surface area contributed by atoms with E-state index in [4.69, 9.17) is 11.6 Å². The average Bonchev–Trinajstić information content (AvgIpc) is 2.92. The predicted octanol–water partition coefficient (Wildman–Crippen LogP) is 4.45. The Labute approximate surface area is 230 Å². The van der Waals surface area contributed by atoms with Gasteiger partial charge in [-0.25, -0.2) is 13.2 Å². The number of amides is 2. The summed E-state index contributed by atoms with van der Waals surface area (Å²) in [5.74, 6) is 0. The Hall–Kier alpha value is -3.11. The number of carbonyl (C=O) groups excluding carboxylic acids is 1. The normalized spacial score (nSPS) is 14.2. The number of halogens is 1. The number of nitrogens with zero attached hydrogens (tertiary/aromatic N) is 4. The third-order valence-electron chi connectivity index (χ3n) is 6.48. The molecule has 202 valence electrons. The fraction of sp³-hybridized carbons (Fsp3) is 0.321. The number of likely N-dealkylation sites (N-methyl/N-ethyl adjacent to an activating group) is 1. The Balaban J connectivity index is 1.38. The van der Waals surface area contributed by atoms with Crippen LogP contribution < -0.4 is 10.2 Å². The van der Waals surface area contributed by atoms with Gasteiger partial charge in [0.15, 0.2) is 0 Å². The summed E-state index contributed by atoms with van der Waals surface area (Å²) < 4.78 is 28.5. The molecule has 0 saturated carbocycles. The molecule has 0 spiro atoms. The molecule has 0 aromatic heterocycles. The smallest absolute Gasteiger partial charge is 0.321 e. The second kappa shape index (κ2) is 12.6. The Morgan fingerprint density at radius 1 is 0.895 bits per heavy atom. The maximum Gasteiger partial charge on any atom is 0.321 e. The van der Waals surface area contributed by atoms with Crippen molar-refractivity contribution in [2.45, 2.75) is 11.4 Å². The van der Waals surface area contributed by atoms with Crippen LogP contribution in [0.25, 0.3) is 0 Å². The highest BCUT2D eigenvalue weighted by atomic mass is 35.5. The van der Waals surface area contributed by atoms with Crippen LogP contribution in [0, 0.1) is 0 Å². The van der Waals surface area contributed by atoms with E-state index < -0.39 is 10.0 Å². The number of hydrogen-bond acceptors (Lipinski definition) is 5. The molecule has 1 aliphatic rings. The second-order valence-corrected chi connectivity index (χ2v) is 11.9. The van der Waals surface area contributed by atoms with Crippen molar-refractivity contribution in [1.29, 1.82) is 0 Å². The van der Waals surface area contributed by atoms with E-state index in [-0.39, 0.29) is 17.5 Å². The molecular weight excluding hydrogens is 522 g/mol. The monoisotopic (exact) mass is 555 g/mol. The minimum Gasteiger partial charge on any atom is -0.368 e. The van der Waals surface area contributed by atoms with Gasteiger partial charge >= 0.3 is 6.03 Å². The summed E-state index contributed by atoms with van der Waals surface area (Å²) in [5, 5.41) is 3.58. The molecule has 0 bridgehead atoms. The van der Waals surface area contributed by atoms with E-state index in [9.17, 15) is 13.2 Å². The lowest BCUT2D eigenvalue weighted by molar-refractivity contribution is 0.208. The van der Waals surface area contributed by atoms with E-state index in [1.807, 2.05) is 73.6 Å². The van der Waals surface area contributed by atoms with Crippen molar-refractivity contribution in [3.63, 3.8) is 0 Å². The molecule has 0 aliphatic carbocycles. The molecular formula is C28H34ClN5O3S. The van der Waals surface area contributed by atoms with E-state index in [1.54, 1.807) is 29.2 Å². The first kappa shape index (κ1) is 27.9. The molecule has 0 atom stereocenters. The van der Waals surface area contributed by atoms with Crippen molar-refractivity contribution in [2.24, 2.45) is 0 Å². The summed E-state index contributed by atoms with van der Waals surface area (Å²) in [5.41, 5.74) is 2.52. The summed E-state index contributed by atoms with van der Waals surface area (Å²) in [4.78, 5) is 19.0. The van der Waals surface area contributed by atoms with Gasteiger partial charge in [0.05, 0.1) is 4.90 Å². The molecule has 1 N–H and O–H groups in total. The SMILES string of the molecule is CN(C)CCN(Cc1ccccc1)S(=O)(=O)c1ccc(NC(=O)N2CCN(c3cccc(Cl)c3)CC2)cc1. The lowest BCUT2D eigenvalue weighted by atomic mass is 10.2. The van der Waals surface area contributed by atoms with Crippen LogP contribution in [0.4, 0.5) is 16.2 Å². The van der Waals surface area contributed by atoms with Gasteiger partial charge in [-0.2, -0.15) is 4.31 Å². The summed E-state index contributed by atoms with van der Waals surface area (Å²) >= 11 is 6.11. The van der Waals surface area contributed by atoms with E-state index in [1.165, 1.54) is 4.31 Å². The van der Waals surface area contributed by atoms with Crippen LogP contribution >= 0.6 is 11.6 Å². The van der Waals surface area contributed by atoms with Gasteiger partial charge in [-0.1, -0.05) is 48.0 Å². The van der Waals surface area contributed by atoms with Crippen LogP contribution in [0.3, 0.4) is 0 Å². The molecule has 3 aromatic carbocycles. The molecule has 8 nitrogen and oxygen atoms in total. The van der Waals surface area contributed by atoms with Crippen LogP contribution in [0.15, 0.2) is 83.8 Å². The third kappa shape index (κ3) is 7.26. The van der Waals surface area contributed by atoms with Gasteiger partial charge in [-0.3, -0.25) is 0 Å². The molecule has 1 saturated heterocycles. The Morgan fingerprint density at radius 2 is 1.58 bits per heavy atom. The van der Waals surface area contributed by atoms with Crippen molar-refractivity contribution in [3.05, 3.63) is 89.4 Å². The van der Waals surface area contributed by atoms with Crippen molar-refractivity contribution in [3.8, 4) is 0 Å². The first-order chi connectivity index (χ1) is 18.2. The van der Waals surface area contributed by atoms with E-state index >= 15 is 0 Å². The van der Waals surface area contributed by atoms with Crippen molar-refractivity contribution < 1.29 is 13.2 Å². The van der Waals surface area contributed by atoms with E-state index in [0.29, 0.717) is 50.0 Å². The number of urea groups is 1. The Kier molecular flexibility index (Phi) is 9.27. The van der Waals surface area contributed by atoms with Crippen LogP contribution in [0.1, 0.15) is 5.56 Å². The topological polar surface area (TPSA) is 76.2 Å². The van der Waals surface area contributed by atoms with E-state index in [2.05, 4.69) is 10.2 Å². The van der Waals surface area contributed by atoms with Gasteiger partial charge in [-0.15, -0.1) is 0 Å². The highest BCUT2D eigenvalue weighted by Gasteiger charge is 2.25. The number of piperazine rings is 1. The fourth-order valence-corrected chi connectivity index (χ4v) is 5.89. The third-order valence-corrected chi connectivity index (χ3v) is 8.58. The minimum atomic E-state index is -3.73. The molecule has 1 heterocycles. The molecule has 1 fully saturated rings. The summed E-state index contributed by atoms with van der Waals surface area (Å²) in [6.07, 6.45) is 0. The Bertz CT molecular complexity index is 1310. The average molecular weight is 556 g/mol. The molecule has 0 radical (unpaired) electrons. The summed E-state index contributed by atoms with van der Waals surface area (Å²) in [6.45, 7) is 3.81. The van der Waals surface area contributed by atoms with Gasteiger partial charge in [0, 0.05) is 62.2 Å². The number of rotatable bonds is 9. The zero-order valence-corrected chi connectivity index (χ0v) is 23.3. The fourth-order valence-electron chi connectivity index (χ4n) is 4.29. The molecule has 1 aliphatic heterocycles. The summed E-state index contributed by atoms with van der Waals surface area (Å²) in [6, 6.07) is 23.4. The minimum absolute atomic E-state index is 0.195. The molecule has 4 rings (SSSR count). The van der Waals surface area contributed by atoms with Crippen molar-refractivity contribution in [2.75, 3.05) is 63.6 Å². The maximum atomic E-state index is 13.5. The first-order valence-corrected chi connectivity index (χ1v) is 14.4. The number of carbonyl (C=O) groups is 1. The van der Waals surface area contributed by atoms with Gasteiger partial charge in [0.1, 0.15) is 0 Å². The molecule has 38 heavy (non-hydrogen) atoms. The lowest BCUT2D eigenvalue weighted by Gasteiger charge is -2.36. The number of benzene rings is 3. The van der Waals surface area contributed by atoms with Crippen LogP contribution in [0.2, 0.25) is 5.02 Å². The highest BCUT2D eigenvalue weighted by molar-refractivity contribution is 7.89. The zero-order chi connectivity index (χ0) is 27.1. The highest BCUT2D eigenvalue weighted by Crippen LogP contribution is 2.23. The van der Waals surface area contributed by atoms with Gasteiger partial charge in [-0.05, 0) is 62.1 Å². The van der Waals surface area contributed by atoms with Gasteiger partial charge < -0.3 is 20.0 Å². The molecule has 10 heteroatoms. The Morgan fingerprint density at radius 3 is 2.21 bits per heavy atom. The van der Waals surface area contributed by atoms with Crippen LogP contribution in [-0.2, 0) is 16.6 Å². The first-order valence-electron chi connectivity index (χ1n) is 12.6. The quantitative estimate of drug-likeness (QED) is 0.422. The number of hydrogen-bond donors (Lipinski definition) is 1. The maximum absolute atomic E-state index is 13.5. The van der Waals surface area contributed by atoms with Gasteiger partial charge in [0.25, 0.3) is 0 Å². The summed E-state index contributed by atoms with van der Waals surface area (Å²) in [7, 11) is 0.110. The second-order valence-electron chi connectivity index (χ2n) is 9.54. The molecule has 2 amide bonds. The van der Waals surface area contributed by atoms with Crippen molar-refractivity contribution >= 4 is 39.0 Å². The largest absolute Gasteiger partial charge is 0.368 e. The number of sulfonamides is 1. The van der Waals surface area contributed by atoms with Crippen LogP contribution in [-0.4, -0.2) is 81.9 Å². The van der Waals surface area contributed by atoms with Gasteiger partial charge in [0.2, 0.25) is 10.0 Å². The molecule has 0 unspecified atom stereocenters. The standard InChI is InChI=1S/C28H34ClN5O3S/c1-31(2)15-20-34(22-23-7-4-3-5-8-23)38(36,37)27-13-11-25(12-14-27)30-28(35)33-18-16-32(17-19-33)26-10-6-9-24(29)21-26/h3-14,21H,15-20,22H2,1-2H3,(H,30,35). The number of nitrogens with one attached hydrogen (secondary N) is 1. The predicted molar refractivity (Wildman–Crippen MR) is 153 cm³/mol. The number of anilines is 2. The van der Waals surface area contributed by atoms with Crippen LogP contribution in [0.5, 0.6) is 0 Å². The van der Waals surface area contributed by atoms with E-state index in [0.717, 1.165) is 11.3 Å². The molecule has 3 aromatic rings. The zero-order valence-electron chi connectivity index (χ0n) is 21.8.